The van der Waals surface area contributed by atoms with E-state index in [1.165, 1.54) is 26.4 Å². The van der Waals surface area contributed by atoms with Crippen LogP contribution in [0.25, 0.3) is 0 Å². The standard InChI is InChI=1S/C30H26NO2P/c1-22(31-29(32)27-14-8-9-15-28(27)30(31)33)16-17-23-18-20-26(21-19-23)34(24-10-4-2-5-11-24)25-12-6-3-7-13-25/h2-15,18-22H,16-17H2,1H3. The Labute approximate surface area is 201 Å². The zero-order valence-electron chi connectivity index (χ0n) is 19.1. The summed E-state index contributed by atoms with van der Waals surface area (Å²) in [5, 5.41) is 3.97. The Morgan fingerprint density at radius 3 is 1.56 bits per heavy atom. The number of benzene rings is 4. The number of carbonyl (C=O) groups excluding carboxylic acids is 2. The number of hydrogen-bond donors (Lipinski definition) is 0. The molecule has 5 rings (SSSR count). The SMILES string of the molecule is CC(CCc1ccc(P(c2ccccc2)c2ccccc2)cc1)N1C(=O)c2ccccc2C1=O. The maximum Gasteiger partial charge on any atom is 0.261 e. The molecule has 4 aromatic rings. The van der Waals surface area contributed by atoms with Gasteiger partial charge in [0, 0.05) is 6.04 Å². The molecule has 4 heteroatoms. The Bertz CT molecular complexity index is 1230. The quantitative estimate of drug-likeness (QED) is 0.284. The van der Waals surface area contributed by atoms with E-state index in [0.717, 1.165) is 12.8 Å². The van der Waals surface area contributed by atoms with Gasteiger partial charge in [0.25, 0.3) is 11.8 Å². The predicted molar refractivity (Wildman–Crippen MR) is 140 cm³/mol. The van der Waals surface area contributed by atoms with E-state index < -0.39 is 7.92 Å². The first kappa shape index (κ1) is 22.3. The molecule has 1 heterocycles. The third kappa shape index (κ3) is 4.32. The second-order valence-electron chi connectivity index (χ2n) is 8.59. The molecule has 168 valence electrons. The van der Waals surface area contributed by atoms with Crippen molar-refractivity contribution in [2.24, 2.45) is 0 Å². The maximum atomic E-state index is 12.8. The lowest BCUT2D eigenvalue weighted by molar-refractivity contribution is 0.0590. The highest BCUT2D eigenvalue weighted by molar-refractivity contribution is 7.79. The van der Waals surface area contributed by atoms with Crippen LogP contribution in [-0.2, 0) is 6.42 Å². The summed E-state index contributed by atoms with van der Waals surface area (Å²) in [6.07, 6.45) is 1.54. The van der Waals surface area contributed by atoms with E-state index in [-0.39, 0.29) is 17.9 Å². The Hall–Kier alpha value is -3.55. The molecule has 4 aromatic carbocycles. The number of carbonyl (C=O) groups is 2. The molecule has 1 unspecified atom stereocenters. The van der Waals surface area contributed by atoms with Crippen LogP contribution in [0.3, 0.4) is 0 Å². The number of aryl methyl sites for hydroxylation is 1. The van der Waals surface area contributed by atoms with Crippen molar-refractivity contribution in [1.29, 1.82) is 0 Å². The molecule has 0 aromatic heterocycles. The van der Waals surface area contributed by atoms with Gasteiger partial charge in [-0.2, -0.15) is 0 Å². The molecule has 1 aliphatic heterocycles. The van der Waals surface area contributed by atoms with Gasteiger partial charge >= 0.3 is 0 Å². The first-order chi connectivity index (χ1) is 16.6. The van der Waals surface area contributed by atoms with E-state index in [1.807, 2.05) is 6.92 Å². The van der Waals surface area contributed by atoms with E-state index in [0.29, 0.717) is 11.1 Å². The van der Waals surface area contributed by atoms with Crippen molar-refractivity contribution < 1.29 is 9.59 Å². The lowest BCUT2D eigenvalue weighted by atomic mass is 10.1. The van der Waals surface area contributed by atoms with Gasteiger partial charge < -0.3 is 0 Å². The van der Waals surface area contributed by atoms with Gasteiger partial charge in [0.2, 0.25) is 0 Å². The van der Waals surface area contributed by atoms with Gasteiger partial charge in [-0.3, -0.25) is 14.5 Å². The molecule has 34 heavy (non-hydrogen) atoms. The Morgan fingerprint density at radius 2 is 1.06 bits per heavy atom. The summed E-state index contributed by atoms with van der Waals surface area (Å²) in [5.74, 6) is -0.361. The summed E-state index contributed by atoms with van der Waals surface area (Å²) < 4.78 is 0. The van der Waals surface area contributed by atoms with Crippen molar-refractivity contribution >= 4 is 35.6 Å². The van der Waals surface area contributed by atoms with Gasteiger partial charge in [0.1, 0.15) is 0 Å². The van der Waals surface area contributed by atoms with Gasteiger partial charge in [-0.1, -0.05) is 97.1 Å². The first-order valence-corrected chi connectivity index (χ1v) is 12.9. The summed E-state index contributed by atoms with van der Waals surface area (Å²) in [4.78, 5) is 26.9. The molecule has 1 aliphatic rings. The summed E-state index contributed by atoms with van der Waals surface area (Å²) in [7, 11) is -0.624. The fourth-order valence-electron chi connectivity index (χ4n) is 4.53. The van der Waals surface area contributed by atoms with Crippen LogP contribution in [0.15, 0.2) is 109 Å². The van der Waals surface area contributed by atoms with E-state index in [9.17, 15) is 9.59 Å². The zero-order valence-corrected chi connectivity index (χ0v) is 20.0. The third-order valence-corrected chi connectivity index (χ3v) is 8.78. The molecule has 0 N–H and O–H groups in total. The van der Waals surface area contributed by atoms with Crippen LogP contribution >= 0.6 is 7.92 Å². The summed E-state index contributed by atoms with van der Waals surface area (Å²) in [6, 6.07) is 37.1. The van der Waals surface area contributed by atoms with E-state index in [4.69, 9.17) is 0 Å². The van der Waals surface area contributed by atoms with Crippen LogP contribution in [0.1, 0.15) is 39.6 Å². The molecule has 0 aliphatic carbocycles. The summed E-state index contributed by atoms with van der Waals surface area (Å²) in [6.45, 7) is 1.96. The Kier molecular flexibility index (Phi) is 6.38. The number of hydrogen-bond acceptors (Lipinski definition) is 2. The molecule has 0 saturated heterocycles. The number of nitrogens with zero attached hydrogens (tertiary/aromatic N) is 1. The number of imide groups is 1. The molecule has 1 atom stereocenters. The number of fused-ring (bicyclic) bond motifs is 1. The molecule has 3 nitrogen and oxygen atoms in total. The van der Waals surface area contributed by atoms with Crippen molar-refractivity contribution in [3.05, 3.63) is 126 Å². The second kappa shape index (κ2) is 9.75. The minimum absolute atomic E-state index is 0.155. The maximum absolute atomic E-state index is 12.8. The van der Waals surface area contributed by atoms with E-state index in [2.05, 4.69) is 84.9 Å². The van der Waals surface area contributed by atoms with E-state index >= 15 is 0 Å². The highest BCUT2D eigenvalue weighted by Gasteiger charge is 2.37. The number of amides is 2. The summed E-state index contributed by atoms with van der Waals surface area (Å²) in [5.41, 5.74) is 2.24. The Morgan fingerprint density at radius 1 is 0.618 bits per heavy atom. The van der Waals surface area contributed by atoms with Gasteiger partial charge in [0.15, 0.2) is 0 Å². The normalized spacial score (nSPS) is 13.9. The fraction of sp³-hybridized carbons (Fsp3) is 0.133. The van der Waals surface area contributed by atoms with Crippen molar-refractivity contribution in [2.45, 2.75) is 25.8 Å². The van der Waals surface area contributed by atoms with Gasteiger partial charge in [-0.25, -0.2) is 0 Å². The molecule has 0 radical (unpaired) electrons. The first-order valence-electron chi connectivity index (χ1n) is 11.6. The van der Waals surface area contributed by atoms with Crippen molar-refractivity contribution in [3.8, 4) is 0 Å². The fourth-order valence-corrected chi connectivity index (χ4v) is 6.81. The highest BCUT2D eigenvalue weighted by Crippen LogP contribution is 2.33. The molecule has 2 amide bonds. The molecular weight excluding hydrogens is 437 g/mol. The second-order valence-corrected chi connectivity index (χ2v) is 10.8. The van der Waals surface area contributed by atoms with Crippen molar-refractivity contribution in [1.82, 2.24) is 4.90 Å². The molecule has 0 fully saturated rings. The van der Waals surface area contributed by atoms with Crippen molar-refractivity contribution in [2.75, 3.05) is 0 Å². The highest BCUT2D eigenvalue weighted by atomic mass is 31.1. The Balaban J connectivity index is 1.31. The monoisotopic (exact) mass is 463 g/mol. The van der Waals surface area contributed by atoms with Gasteiger partial charge in [0.05, 0.1) is 11.1 Å². The van der Waals surface area contributed by atoms with Gasteiger partial charge in [-0.05, 0) is 61.3 Å². The average molecular weight is 464 g/mol. The van der Waals surface area contributed by atoms with Crippen LogP contribution in [0, 0.1) is 0 Å². The van der Waals surface area contributed by atoms with Crippen molar-refractivity contribution in [3.63, 3.8) is 0 Å². The third-order valence-electron chi connectivity index (χ3n) is 6.34. The largest absolute Gasteiger partial charge is 0.271 e. The molecular formula is C30H26NO2P. The average Bonchev–Trinajstić information content (AvgIpc) is 3.15. The molecule has 0 saturated carbocycles. The van der Waals surface area contributed by atoms with Crippen LogP contribution in [0.4, 0.5) is 0 Å². The lowest BCUT2D eigenvalue weighted by Crippen LogP contribution is -2.38. The minimum atomic E-state index is -0.624. The summed E-state index contributed by atoms with van der Waals surface area (Å²) >= 11 is 0. The topological polar surface area (TPSA) is 37.4 Å². The van der Waals surface area contributed by atoms with Gasteiger partial charge in [-0.15, -0.1) is 0 Å². The molecule has 0 spiro atoms. The lowest BCUT2D eigenvalue weighted by Gasteiger charge is -2.23. The molecule has 0 bridgehead atoms. The van der Waals surface area contributed by atoms with Crippen LogP contribution < -0.4 is 15.9 Å². The predicted octanol–water partition coefficient (Wildman–Crippen LogP) is 5.06. The zero-order chi connectivity index (χ0) is 23.5. The van der Waals surface area contributed by atoms with Crippen LogP contribution in [0.2, 0.25) is 0 Å². The van der Waals surface area contributed by atoms with E-state index in [1.54, 1.807) is 24.3 Å². The smallest absolute Gasteiger partial charge is 0.261 e. The van der Waals surface area contributed by atoms with Crippen LogP contribution in [0.5, 0.6) is 0 Å². The van der Waals surface area contributed by atoms with Crippen LogP contribution in [-0.4, -0.2) is 22.8 Å². The minimum Gasteiger partial charge on any atom is -0.271 e. The number of rotatable bonds is 7.